The van der Waals surface area contributed by atoms with Gasteiger partial charge in [-0.2, -0.15) is 0 Å². The molecular formula is C13H18BrNO2. The molecule has 1 aromatic rings. The zero-order chi connectivity index (χ0) is 12.3. The topological polar surface area (TPSA) is 44.5 Å². The fraction of sp³-hybridized carbons (Fsp3) is 0.538. The maximum absolute atomic E-state index is 5.74. The predicted molar refractivity (Wildman–Crippen MR) is 71.9 cm³/mol. The summed E-state index contributed by atoms with van der Waals surface area (Å²) in [7, 11) is 0. The number of halogens is 1. The molecule has 0 spiro atoms. The molecule has 1 aromatic carbocycles. The Morgan fingerprint density at radius 2 is 2.06 bits per heavy atom. The fourth-order valence-electron chi connectivity index (χ4n) is 2.06. The Hall–Kier alpha value is -0.740. The molecule has 0 radical (unpaired) electrons. The van der Waals surface area contributed by atoms with Gasteiger partial charge in [0.2, 0.25) is 0 Å². The van der Waals surface area contributed by atoms with E-state index in [1.165, 1.54) is 11.1 Å². The number of rotatable bonds is 4. The SMILES string of the molecule is Cc1c(Br)cc2c(c1CCCCN)OCCO2. The molecule has 0 bridgehead atoms. The highest BCUT2D eigenvalue weighted by Crippen LogP contribution is 2.40. The lowest BCUT2D eigenvalue weighted by atomic mass is 10.0. The summed E-state index contributed by atoms with van der Waals surface area (Å²) in [5.74, 6) is 1.78. The molecule has 0 aromatic heterocycles. The van der Waals surface area contributed by atoms with Gasteiger partial charge in [0.1, 0.15) is 13.2 Å². The van der Waals surface area contributed by atoms with Crippen molar-refractivity contribution in [1.82, 2.24) is 0 Å². The van der Waals surface area contributed by atoms with Crippen molar-refractivity contribution in [3.05, 3.63) is 21.7 Å². The normalized spacial score (nSPS) is 13.8. The maximum atomic E-state index is 5.74. The van der Waals surface area contributed by atoms with Crippen LogP contribution in [-0.4, -0.2) is 19.8 Å². The third-order valence-electron chi connectivity index (χ3n) is 3.03. The average molecular weight is 300 g/mol. The van der Waals surface area contributed by atoms with Crippen LogP contribution in [-0.2, 0) is 6.42 Å². The standard InChI is InChI=1S/C13H18BrNO2/c1-9-10(4-2-3-5-15)13-12(8-11(9)14)16-6-7-17-13/h8H,2-7,15H2,1H3. The van der Waals surface area contributed by atoms with Gasteiger partial charge in [0.15, 0.2) is 11.5 Å². The Morgan fingerprint density at radius 3 is 2.82 bits per heavy atom. The Kier molecular flexibility index (Phi) is 4.29. The highest BCUT2D eigenvalue weighted by atomic mass is 79.9. The second kappa shape index (κ2) is 5.74. The van der Waals surface area contributed by atoms with E-state index in [0.717, 1.165) is 41.8 Å². The summed E-state index contributed by atoms with van der Waals surface area (Å²) in [5.41, 5.74) is 8.03. The fourth-order valence-corrected chi connectivity index (χ4v) is 2.51. The van der Waals surface area contributed by atoms with Crippen LogP contribution in [0.1, 0.15) is 24.0 Å². The Morgan fingerprint density at radius 1 is 1.29 bits per heavy atom. The molecule has 4 heteroatoms. The van der Waals surface area contributed by atoms with Gasteiger partial charge >= 0.3 is 0 Å². The van der Waals surface area contributed by atoms with Crippen LogP contribution in [0.5, 0.6) is 11.5 Å². The molecule has 17 heavy (non-hydrogen) atoms. The summed E-state index contributed by atoms with van der Waals surface area (Å²) < 4.78 is 12.5. The molecule has 94 valence electrons. The quantitative estimate of drug-likeness (QED) is 0.870. The molecule has 0 saturated carbocycles. The lowest BCUT2D eigenvalue weighted by Crippen LogP contribution is -2.17. The zero-order valence-electron chi connectivity index (χ0n) is 10.1. The molecule has 2 rings (SSSR count). The molecule has 0 atom stereocenters. The third-order valence-corrected chi connectivity index (χ3v) is 3.86. The molecule has 2 N–H and O–H groups in total. The van der Waals surface area contributed by atoms with Crippen molar-refractivity contribution in [2.45, 2.75) is 26.2 Å². The summed E-state index contributed by atoms with van der Waals surface area (Å²) in [6.07, 6.45) is 3.12. The molecule has 0 unspecified atom stereocenters. The molecule has 0 amide bonds. The summed E-state index contributed by atoms with van der Waals surface area (Å²) in [4.78, 5) is 0. The smallest absolute Gasteiger partial charge is 0.164 e. The van der Waals surface area contributed by atoms with Gasteiger partial charge in [-0.15, -0.1) is 0 Å². The second-order valence-corrected chi connectivity index (χ2v) is 5.09. The van der Waals surface area contributed by atoms with Gasteiger partial charge in [-0.25, -0.2) is 0 Å². The highest BCUT2D eigenvalue weighted by Gasteiger charge is 2.19. The number of fused-ring (bicyclic) bond motifs is 1. The van der Waals surface area contributed by atoms with Crippen LogP contribution in [0.15, 0.2) is 10.5 Å². The van der Waals surface area contributed by atoms with E-state index in [-0.39, 0.29) is 0 Å². The van der Waals surface area contributed by atoms with Crippen molar-refractivity contribution in [3.63, 3.8) is 0 Å². The number of ether oxygens (including phenoxy) is 2. The highest BCUT2D eigenvalue weighted by molar-refractivity contribution is 9.10. The van der Waals surface area contributed by atoms with E-state index >= 15 is 0 Å². The first kappa shape index (κ1) is 12.7. The molecule has 3 nitrogen and oxygen atoms in total. The number of benzene rings is 1. The zero-order valence-corrected chi connectivity index (χ0v) is 11.7. The number of hydrogen-bond donors (Lipinski definition) is 1. The molecule has 1 aliphatic rings. The van der Waals surface area contributed by atoms with Crippen molar-refractivity contribution in [2.75, 3.05) is 19.8 Å². The van der Waals surface area contributed by atoms with Gasteiger partial charge in [-0.3, -0.25) is 0 Å². The molecule has 1 aliphatic heterocycles. The van der Waals surface area contributed by atoms with Gasteiger partial charge in [0.05, 0.1) is 0 Å². The lowest BCUT2D eigenvalue weighted by Gasteiger charge is -2.23. The van der Waals surface area contributed by atoms with Crippen LogP contribution in [0.4, 0.5) is 0 Å². The van der Waals surface area contributed by atoms with Gasteiger partial charge in [-0.1, -0.05) is 15.9 Å². The van der Waals surface area contributed by atoms with Crippen molar-refractivity contribution < 1.29 is 9.47 Å². The number of unbranched alkanes of at least 4 members (excludes halogenated alkanes) is 1. The van der Waals surface area contributed by atoms with Crippen LogP contribution in [0, 0.1) is 6.92 Å². The van der Waals surface area contributed by atoms with Crippen molar-refractivity contribution in [3.8, 4) is 11.5 Å². The number of nitrogens with two attached hydrogens (primary N) is 1. The van der Waals surface area contributed by atoms with Gasteiger partial charge < -0.3 is 15.2 Å². The Balaban J connectivity index is 2.30. The van der Waals surface area contributed by atoms with Crippen LogP contribution in [0.3, 0.4) is 0 Å². The van der Waals surface area contributed by atoms with Gasteiger partial charge in [-0.05, 0) is 44.4 Å². The summed E-state index contributed by atoms with van der Waals surface area (Å²) in [6.45, 7) is 4.12. The van der Waals surface area contributed by atoms with Crippen LogP contribution >= 0.6 is 15.9 Å². The van der Waals surface area contributed by atoms with Crippen molar-refractivity contribution >= 4 is 15.9 Å². The first-order valence-electron chi connectivity index (χ1n) is 6.01. The van der Waals surface area contributed by atoms with E-state index in [4.69, 9.17) is 15.2 Å². The monoisotopic (exact) mass is 299 g/mol. The van der Waals surface area contributed by atoms with Crippen molar-refractivity contribution in [1.29, 1.82) is 0 Å². The predicted octanol–water partition coefficient (Wildman–Crippen LogP) is 2.81. The Bertz CT molecular complexity index is 407. The van der Waals surface area contributed by atoms with Crippen molar-refractivity contribution in [2.24, 2.45) is 5.73 Å². The summed E-state index contributed by atoms with van der Waals surface area (Å²) in [5, 5.41) is 0. The molecule has 0 fully saturated rings. The van der Waals surface area contributed by atoms with E-state index in [0.29, 0.717) is 13.2 Å². The first-order valence-corrected chi connectivity index (χ1v) is 6.81. The largest absolute Gasteiger partial charge is 0.486 e. The summed E-state index contributed by atoms with van der Waals surface area (Å²) in [6, 6.07) is 2.00. The average Bonchev–Trinajstić information content (AvgIpc) is 2.34. The minimum absolute atomic E-state index is 0.630. The van der Waals surface area contributed by atoms with Crippen LogP contribution < -0.4 is 15.2 Å². The van der Waals surface area contributed by atoms with Crippen LogP contribution in [0.2, 0.25) is 0 Å². The van der Waals surface area contributed by atoms with Gasteiger partial charge in [0.25, 0.3) is 0 Å². The Labute approximate surface area is 110 Å². The second-order valence-electron chi connectivity index (χ2n) is 4.23. The maximum Gasteiger partial charge on any atom is 0.164 e. The lowest BCUT2D eigenvalue weighted by molar-refractivity contribution is 0.169. The van der Waals surface area contributed by atoms with E-state index in [2.05, 4.69) is 22.9 Å². The molecule has 0 aliphatic carbocycles. The molecule has 1 heterocycles. The minimum atomic E-state index is 0.630. The summed E-state index contributed by atoms with van der Waals surface area (Å²) >= 11 is 3.57. The van der Waals surface area contributed by atoms with E-state index in [9.17, 15) is 0 Å². The third kappa shape index (κ3) is 2.75. The minimum Gasteiger partial charge on any atom is -0.486 e. The molecular weight excluding hydrogens is 282 g/mol. The van der Waals surface area contributed by atoms with Crippen LogP contribution in [0.25, 0.3) is 0 Å². The van der Waals surface area contributed by atoms with Gasteiger partial charge in [0, 0.05) is 10.0 Å². The first-order chi connectivity index (χ1) is 8.24. The number of hydrogen-bond acceptors (Lipinski definition) is 3. The molecule has 0 saturated heterocycles. The van der Waals surface area contributed by atoms with E-state index < -0.39 is 0 Å². The van der Waals surface area contributed by atoms with E-state index in [1.54, 1.807) is 0 Å². The van der Waals surface area contributed by atoms with E-state index in [1.807, 2.05) is 6.07 Å².